The van der Waals surface area contributed by atoms with E-state index in [1.54, 1.807) is 0 Å². The smallest absolute Gasteiger partial charge is 0.0351 e. The molecule has 2 heteroatoms. The number of benzene rings is 2. The molecule has 1 aliphatic rings. The Hall–Kier alpha value is -1.38. The first-order chi connectivity index (χ1) is 9.29. The molecule has 1 heterocycles. The van der Waals surface area contributed by atoms with Crippen LogP contribution >= 0.6 is 0 Å². The van der Waals surface area contributed by atoms with Gasteiger partial charge >= 0.3 is 0 Å². The highest BCUT2D eigenvalue weighted by Gasteiger charge is 2.27. The molecule has 0 saturated carbocycles. The molecule has 0 radical (unpaired) electrons. The second kappa shape index (κ2) is 5.32. The summed E-state index contributed by atoms with van der Waals surface area (Å²) in [5.74, 6) is 0. The van der Waals surface area contributed by atoms with Gasteiger partial charge in [-0.1, -0.05) is 43.3 Å². The zero-order valence-electron chi connectivity index (χ0n) is 11.8. The van der Waals surface area contributed by atoms with Gasteiger partial charge in [-0.15, -0.1) is 0 Å². The van der Waals surface area contributed by atoms with Crippen molar-refractivity contribution < 1.29 is 0 Å². The van der Waals surface area contributed by atoms with Crippen molar-refractivity contribution in [1.82, 2.24) is 10.2 Å². The first-order valence-electron chi connectivity index (χ1n) is 7.24. The van der Waals surface area contributed by atoms with Crippen molar-refractivity contribution >= 4 is 10.8 Å². The minimum atomic E-state index is 0.488. The van der Waals surface area contributed by atoms with Crippen molar-refractivity contribution in [1.29, 1.82) is 0 Å². The molecule has 0 aliphatic carbocycles. The molecule has 0 spiro atoms. The van der Waals surface area contributed by atoms with Crippen molar-refractivity contribution in [3.05, 3.63) is 48.0 Å². The lowest BCUT2D eigenvalue weighted by Crippen LogP contribution is -2.57. The highest BCUT2D eigenvalue weighted by atomic mass is 15.2. The lowest BCUT2D eigenvalue weighted by molar-refractivity contribution is 0.110. The minimum absolute atomic E-state index is 0.488. The molecule has 0 amide bonds. The lowest BCUT2D eigenvalue weighted by Gasteiger charge is -2.41. The van der Waals surface area contributed by atoms with E-state index in [2.05, 4.69) is 66.5 Å². The van der Waals surface area contributed by atoms with Gasteiger partial charge in [-0.2, -0.15) is 0 Å². The van der Waals surface area contributed by atoms with Crippen LogP contribution in [0.25, 0.3) is 10.8 Å². The summed E-state index contributed by atoms with van der Waals surface area (Å²) >= 11 is 0. The van der Waals surface area contributed by atoms with Crippen molar-refractivity contribution in [3.8, 4) is 0 Å². The zero-order valence-corrected chi connectivity index (χ0v) is 11.8. The second-order valence-electron chi connectivity index (χ2n) is 5.43. The topological polar surface area (TPSA) is 15.3 Å². The molecular formula is C17H22N2. The normalized spacial score (nSPS) is 17.6. The molecule has 1 aliphatic heterocycles. The summed E-state index contributed by atoms with van der Waals surface area (Å²) in [7, 11) is 0. The maximum atomic E-state index is 3.37. The molecule has 0 aromatic heterocycles. The van der Waals surface area contributed by atoms with Gasteiger partial charge in [0.05, 0.1) is 0 Å². The number of likely N-dealkylation sites (N-methyl/N-ethyl adjacent to an activating group) is 1. The monoisotopic (exact) mass is 254 g/mol. The highest BCUT2D eigenvalue weighted by molar-refractivity contribution is 5.83. The fourth-order valence-corrected chi connectivity index (χ4v) is 3.02. The maximum Gasteiger partial charge on any atom is 0.0351 e. The maximum absolute atomic E-state index is 3.37. The van der Waals surface area contributed by atoms with Crippen molar-refractivity contribution in [2.75, 3.05) is 19.6 Å². The Morgan fingerprint density at radius 1 is 1.16 bits per heavy atom. The number of rotatable bonds is 4. The Bertz CT molecular complexity index is 560. The molecular weight excluding hydrogens is 232 g/mol. The Morgan fingerprint density at radius 3 is 2.53 bits per heavy atom. The van der Waals surface area contributed by atoms with E-state index >= 15 is 0 Å². The fraction of sp³-hybridized carbons (Fsp3) is 0.412. The summed E-state index contributed by atoms with van der Waals surface area (Å²) in [6.07, 6.45) is 0. The molecule has 1 unspecified atom stereocenters. The standard InChI is InChI=1S/C17H22N2/c1-3-19(17-11-18-12-17)13(2)15-9-8-14-6-4-5-7-16(14)10-15/h4-10,13,17-18H,3,11-12H2,1-2H3. The van der Waals surface area contributed by atoms with Crippen LogP contribution in [0.3, 0.4) is 0 Å². The molecule has 19 heavy (non-hydrogen) atoms. The van der Waals surface area contributed by atoms with E-state index in [1.807, 2.05) is 0 Å². The van der Waals surface area contributed by atoms with E-state index in [-0.39, 0.29) is 0 Å². The molecule has 100 valence electrons. The predicted molar refractivity (Wildman–Crippen MR) is 81.4 cm³/mol. The number of nitrogens with zero attached hydrogens (tertiary/aromatic N) is 1. The van der Waals surface area contributed by atoms with Crippen molar-refractivity contribution in [2.45, 2.75) is 25.9 Å². The minimum Gasteiger partial charge on any atom is -0.314 e. The van der Waals surface area contributed by atoms with Crippen LogP contribution < -0.4 is 5.32 Å². The van der Waals surface area contributed by atoms with E-state index in [9.17, 15) is 0 Å². The Labute approximate surface area is 115 Å². The van der Waals surface area contributed by atoms with Crippen LogP contribution in [0.2, 0.25) is 0 Å². The first-order valence-corrected chi connectivity index (χ1v) is 7.24. The molecule has 0 bridgehead atoms. The van der Waals surface area contributed by atoms with E-state index in [0.717, 1.165) is 19.6 Å². The van der Waals surface area contributed by atoms with Crippen LogP contribution in [0.4, 0.5) is 0 Å². The van der Waals surface area contributed by atoms with Gasteiger partial charge in [0.1, 0.15) is 0 Å². The molecule has 3 rings (SSSR count). The SMILES string of the molecule is CCN(C1CNC1)C(C)c1ccc2ccccc2c1. The van der Waals surface area contributed by atoms with Gasteiger partial charge in [0, 0.05) is 25.2 Å². The van der Waals surface area contributed by atoms with E-state index < -0.39 is 0 Å². The molecule has 1 atom stereocenters. The van der Waals surface area contributed by atoms with E-state index in [1.165, 1.54) is 16.3 Å². The third-order valence-electron chi connectivity index (χ3n) is 4.35. The van der Waals surface area contributed by atoms with Gasteiger partial charge in [-0.05, 0) is 35.9 Å². The third-order valence-corrected chi connectivity index (χ3v) is 4.35. The van der Waals surface area contributed by atoms with Gasteiger partial charge in [0.15, 0.2) is 0 Å². The molecule has 1 saturated heterocycles. The summed E-state index contributed by atoms with van der Waals surface area (Å²) in [5, 5.41) is 6.04. The van der Waals surface area contributed by atoms with Gasteiger partial charge in [0.2, 0.25) is 0 Å². The Balaban J connectivity index is 1.89. The third kappa shape index (κ3) is 2.38. The van der Waals surface area contributed by atoms with Gasteiger partial charge in [0.25, 0.3) is 0 Å². The molecule has 2 aromatic carbocycles. The lowest BCUT2D eigenvalue weighted by atomic mass is 9.99. The fourth-order valence-electron chi connectivity index (χ4n) is 3.02. The summed E-state index contributed by atoms with van der Waals surface area (Å²) in [6, 6.07) is 16.6. The molecule has 2 aromatic rings. The number of hydrogen-bond acceptors (Lipinski definition) is 2. The van der Waals surface area contributed by atoms with Gasteiger partial charge in [-0.25, -0.2) is 0 Å². The van der Waals surface area contributed by atoms with E-state index in [0.29, 0.717) is 12.1 Å². The average molecular weight is 254 g/mol. The van der Waals surface area contributed by atoms with E-state index in [4.69, 9.17) is 0 Å². The Morgan fingerprint density at radius 2 is 1.89 bits per heavy atom. The molecule has 2 nitrogen and oxygen atoms in total. The highest BCUT2D eigenvalue weighted by Crippen LogP contribution is 2.26. The van der Waals surface area contributed by atoms with Crippen molar-refractivity contribution in [2.24, 2.45) is 0 Å². The van der Waals surface area contributed by atoms with Crippen LogP contribution in [0.5, 0.6) is 0 Å². The van der Waals surface area contributed by atoms with Crippen LogP contribution in [0.1, 0.15) is 25.5 Å². The zero-order chi connectivity index (χ0) is 13.2. The average Bonchev–Trinajstić information content (AvgIpc) is 2.41. The largest absolute Gasteiger partial charge is 0.314 e. The quantitative estimate of drug-likeness (QED) is 0.901. The summed E-state index contributed by atoms with van der Waals surface area (Å²) in [6.45, 7) is 7.96. The molecule has 1 N–H and O–H groups in total. The molecule has 1 fully saturated rings. The van der Waals surface area contributed by atoms with Crippen LogP contribution in [0, 0.1) is 0 Å². The van der Waals surface area contributed by atoms with Gasteiger partial charge < -0.3 is 5.32 Å². The number of fused-ring (bicyclic) bond motifs is 1. The number of hydrogen-bond donors (Lipinski definition) is 1. The van der Waals surface area contributed by atoms with Crippen LogP contribution in [-0.4, -0.2) is 30.6 Å². The first kappa shape index (κ1) is 12.6. The summed E-state index contributed by atoms with van der Waals surface area (Å²) < 4.78 is 0. The van der Waals surface area contributed by atoms with Crippen molar-refractivity contribution in [3.63, 3.8) is 0 Å². The number of nitrogens with one attached hydrogen (secondary N) is 1. The van der Waals surface area contributed by atoms with Crippen LogP contribution in [0.15, 0.2) is 42.5 Å². The predicted octanol–water partition coefficient (Wildman–Crippen LogP) is 3.19. The second-order valence-corrected chi connectivity index (χ2v) is 5.43. The Kier molecular flexibility index (Phi) is 3.54. The van der Waals surface area contributed by atoms with Crippen LogP contribution in [-0.2, 0) is 0 Å². The summed E-state index contributed by atoms with van der Waals surface area (Å²) in [4.78, 5) is 2.60. The van der Waals surface area contributed by atoms with Gasteiger partial charge in [-0.3, -0.25) is 4.90 Å². The summed E-state index contributed by atoms with van der Waals surface area (Å²) in [5.41, 5.74) is 1.42.